The Balaban J connectivity index is 1.46. The lowest BCUT2D eigenvalue weighted by Crippen LogP contribution is -2.14. The number of rotatable bonds is 6. The Morgan fingerprint density at radius 3 is 2.35 bits per heavy atom. The third-order valence-corrected chi connectivity index (χ3v) is 6.18. The molecule has 31 heavy (non-hydrogen) atoms. The fourth-order valence-electron chi connectivity index (χ4n) is 3.03. The molecule has 1 N–H and O–H groups in total. The highest BCUT2D eigenvalue weighted by Crippen LogP contribution is 2.24. The molecule has 158 valence electrons. The summed E-state index contributed by atoms with van der Waals surface area (Å²) in [5.41, 5.74) is 2.00. The molecule has 0 atom stereocenters. The number of nitrogens with one attached hydrogen (secondary N) is 1. The first-order valence-corrected chi connectivity index (χ1v) is 11.0. The van der Waals surface area contributed by atoms with Crippen molar-refractivity contribution in [1.29, 1.82) is 0 Å². The van der Waals surface area contributed by atoms with Crippen LogP contribution in [0.1, 0.15) is 17.0 Å². The molecule has 2 aromatic heterocycles. The summed E-state index contributed by atoms with van der Waals surface area (Å²) in [7, 11) is -3.69. The van der Waals surface area contributed by atoms with Crippen LogP contribution in [-0.4, -0.2) is 28.2 Å². The molecule has 4 aromatic rings. The minimum absolute atomic E-state index is 0.260. The first kappa shape index (κ1) is 20.5. The Morgan fingerprint density at radius 1 is 0.935 bits per heavy atom. The molecule has 0 aliphatic carbocycles. The Bertz CT molecular complexity index is 1310. The number of sulfonamides is 1. The Hall–Kier alpha value is -3.72. The van der Waals surface area contributed by atoms with Gasteiger partial charge in [0.2, 0.25) is 5.88 Å². The fourth-order valence-corrected chi connectivity index (χ4v) is 4.42. The summed E-state index contributed by atoms with van der Waals surface area (Å²) in [6.45, 7) is 5.50. The highest BCUT2D eigenvalue weighted by Gasteiger charge is 2.17. The molecule has 0 fully saturated rings. The highest BCUT2D eigenvalue weighted by molar-refractivity contribution is 7.92. The summed E-state index contributed by atoms with van der Waals surface area (Å²) in [4.78, 5) is 4.42. The summed E-state index contributed by atoms with van der Waals surface area (Å²) < 4.78 is 35.6. The molecule has 0 aliphatic rings. The third kappa shape index (κ3) is 4.56. The molecule has 0 saturated heterocycles. The molecule has 0 unspecified atom stereocenters. The maximum atomic E-state index is 12.7. The molecule has 8 nitrogen and oxygen atoms in total. The predicted molar refractivity (Wildman–Crippen MR) is 117 cm³/mol. The molecule has 4 rings (SSSR count). The number of anilines is 1. The molecule has 0 radical (unpaired) electrons. The van der Waals surface area contributed by atoms with E-state index in [0.29, 0.717) is 28.7 Å². The van der Waals surface area contributed by atoms with Crippen molar-refractivity contribution in [3.63, 3.8) is 0 Å². The van der Waals surface area contributed by atoms with Crippen molar-refractivity contribution in [1.82, 2.24) is 19.7 Å². The van der Waals surface area contributed by atoms with E-state index in [1.54, 1.807) is 67.8 Å². The van der Waals surface area contributed by atoms with E-state index in [1.165, 1.54) is 0 Å². The second-order valence-electron chi connectivity index (χ2n) is 7.08. The van der Waals surface area contributed by atoms with Gasteiger partial charge in [0.1, 0.15) is 11.6 Å². The van der Waals surface area contributed by atoms with Gasteiger partial charge in [0, 0.05) is 24.1 Å². The quantitative estimate of drug-likeness (QED) is 0.488. The summed E-state index contributed by atoms with van der Waals surface area (Å²) in [6, 6.07) is 15.4. The molecule has 9 heteroatoms. The van der Waals surface area contributed by atoms with Crippen molar-refractivity contribution >= 4 is 15.7 Å². The number of hydrogen-bond acceptors (Lipinski definition) is 6. The van der Waals surface area contributed by atoms with Gasteiger partial charge in [-0.05, 0) is 68.3 Å². The maximum absolute atomic E-state index is 12.7. The molecular weight excluding hydrogens is 414 g/mol. The lowest BCUT2D eigenvalue weighted by molar-refractivity contribution is 0.454. The van der Waals surface area contributed by atoms with Gasteiger partial charge in [-0.25, -0.2) is 13.4 Å². The Morgan fingerprint density at radius 2 is 1.71 bits per heavy atom. The largest absolute Gasteiger partial charge is 0.438 e. The van der Waals surface area contributed by atoms with Crippen LogP contribution in [0.5, 0.6) is 11.6 Å². The lowest BCUT2D eigenvalue weighted by Gasteiger charge is -2.12. The summed E-state index contributed by atoms with van der Waals surface area (Å²) in [5.74, 6) is 2.28. The molecule has 2 heterocycles. The van der Waals surface area contributed by atoms with Gasteiger partial charge < -0.3 is 4.74 Å². The van der Waals surface area contributed by atoms with E-state index in [0.717, 1.165) is 11.4 Å². The summed E-state index contributed by atoms with van der Waals surface area (Å²) >= 11 is 0. The first-order chi connectivity index (χ1) is 14.8. The zero-order chi connectivity index (χ0) is 22.0. The molecule has 0 spiro atoms. The second kappa shape index (κ2) is 8.19. The van der Waals surface area contributed by atoms with Gasteiger partial charge in [-0.1, -0.05) is 12.1 Å². The second-order valence-corrected chi connectivity index (χ2v) is 8.73. The topological polar surface area (TPSA) is 99.0 Å². The van der Waals surface area contributed by atoms with Gasteiger partial charge in [0.25, 0.3) is 10.0 Å². The SMILES string of the molecule is Cc1ccc(C)c(S(=O)(=O)Nc2ccc(Oc3ccc(-n4ccnc4C)nn3)cc2)c1. The van der Waals surface area contributed by atoms with Crippen molar-refractivity contribution in [2.45, 2.75) is 25.7 Å². The van der Waals surface area contributed by atoms with E-state index in [4.69, 9.17) is 4.74 Å². The van der Waals surface area contributed by atoms with Crippen LogP contribution in [0.4, 0.5) is 5.69 Å². The van der Waals surface area contributed by atoms with Crippen LogP contribution in [0.3, 0.4) is 0 Å². The van der Waals surface area contributed by atoms with Gasteiger partial charge in [-0.15, -0.1) is 10.2 Å². The maximum Gasteiger partial charge on any atom is 0.262 e. The van der Waals surface area contributed by atoms with Crippen molar-refractivity contribution in [3.8, 4) is 17.4 Å². The first-order valence-electron chi connectivity index (χ1n) is 9.54. The monoisotopic (exact) mass is 435 g/mol. The Kier molecular flexibility index (Phi) is 5.43. The molecule has 0 bridgehead atoms. The smallest absolute Gasteiger partial charge is 0.262 e. The van der Waals surface area contributed by atoms with Crippen LogP contribution in [-0.2, 0) is 10.0 Å². The average molecular weight is 436 g/mol. The number of imidazole rings is 1. The van der Waals surface area contributed by atoms with E-state index >= 15 is 0 Å². The van der Waals surface area contributed by atoms with E-state index in [2.05, 4.69) is 19.9 Å². The van der Waals surface area contributed by atoms with Crippen molar-refractivity contribution < 1.29 is 13.2 Å². The van der Waals surface area contributed by atoms with Crippen LogP contribution >= 0.6 is 0 Å². The van der Waals surface area contributed by atoms with E-state index in [-0.39, 0.29) is 4.90 Å². The van der Waals surface area contributed by atoms with Gasteiger partial charge >= 0.3 is 0 Å². The zero-order valence-corrected chi connectivity index (χ0v) is 18.1. The van der Waals surface area contributed by atoms with Crippen molar-refractivity contribution in [2.24, 2.45) is 0 Å². The van der Waals surface area contributed by atoms with Gasteiger partial charge in [-0.3, -0.25) is 9.29 Å². The third-order valence-electron chi connectivity index (χ3n) is 4.66. The van der Waals surface area contributed by atoms with Crippen LogP contribution in [0.25, 0.3) is 5.82 Å². The predicted octanol–water partition coefficient (Wildman–Crippen LogP) is 4.18. The Labute approximate surface area is 180 Å². The molecule has 0 amide bonds. The number of benzene rings is 2. The van der Waals surface area contributed by atoms with Crippen molar-refractivity contribution in [3.05, 3.63) is 83.9 Å². The van der Waals surface area contributed by atoms with Crippen molar-refractivity contribution in [2.75, 3.05) is 4.72 Å². The number of aromatic nitrogens is 4. The lowest BCUT2D eigenvalue weighted by atomic mass is 10.2. The standard InChI is InChI=1S/C22H21N5O3S/c1-15-4-5-16(2)20(14-15)31(28,29)26-18-6-8-19(9-7-18)30-22-11-10-21(24-25-22)27-13-12-23-17(27)3/h4-14,26H,1-3H3. The minimum Gasteiger partial charge on any atom is -0.438 e. The van der Waals surface area contributed by atoms with Gasteiger partial charge in [0.15, 0.2) is 5.82 Å². The molecule has 0 aliphatic heterocycles. The summed E-state index contributed by atoms with van der Waals surface area (Å²) in [5, 5.41) is 8.23. The molecule has 0 saturated carbocycles. The van der Waals surface area contributed by atoms with E-state index < -0.39 is 10.0 Å². The number of nitrogens with zero attached hydrogens (tertiary/aromatic N) is 4. The zero-order valence-electron chi connectivity index (χ0n) is 17.3. The highest BCUT2D eigenvalue weighted by atomic mass is 32.2. The van der Waals surface area contributed by atoms with Gasteiger partial charge in [0.05, 0.1) is 4.90 Å². The van der Waals surface area contributed by atoms with E-state index in [1.807, 2.05) is 24.5 Å². The minimum atomic E-state index is -3.69. The van der Waals surface area contributed by atoms with Crippen LogP contribution < -0.4 is 9.46 Å². The number of ether oxygens (including phenoxy) is 1. The van der Waals surface area contributed by atoms with E-state index in [9.17, 15) is 8.42 Å². The normalized spacial score (nSPS) is 11.3. The number of hydrogen-bond donors (Lipinski definition) is 1. The molecular formula is C22H21N5O3S. The number of aryl methyl sites for hydroxylation is 3. The average Bonchev–Trinajstić information content (AvgIpc) is 3.17. The van der Waals surface area contributed by atoms with Crippen LogP contribution in [0.2, 0.25) is 0 Å². The van der Waals surface area contributed by atoms with Gasteiger partial charge in [-0.2, -0.15) is 0 Å². The van der Waals surface area contributed by atoms with Crippen LogP contribution in [0, 0.1) is 20.8 Å². The molecule has 2 aromatic carbocycles. The summed E-state index contributed by atoms with van der Waals surface area (Å²) in [6.07, 6.45) is 3.50. The van der Waals surface area contributed by atoms with Crippen LogP contribution in [0.15, 0.2) is 71.9 Å². The fraction of sp³-hybridized carbons (Fsp3) is 0.136.